The normalized spacial score (nSPS) is 20.0. The fourth-order valence-electron chi connectivity index (χ4n) is 4.09. The number of ether oxygens (including phenoxy) is 1. The first-order valence-electron chi connectivity index (χ1n) is 10.1. The molecule has 2 fully saturated rings. The lowest BCUT2D eigenvalue weighted by Gasteiger charge is -2.25. The van der Waals surface area contributed by atoms with Gasteiger partial charge in [-0.1, -0.05) is 37.5 Å². The fourth-order valence-corrected chi connectivity index (χ4v) is 5.26. The van der Waals surface area contributed by atoms with Gasteiger partial charge in [0.05, 0.1) is 12.9 Å². The third kappa shape index (κ3) is 4.42. The molecule has 1 atom stereocenters. The number of methoxy groups -OCH3 is 1. The van der Waals surface area contributed by atoms with Crippen molar-refractivity contribution in [3.8, 4) is 5.75 Å². The van der Waals surface area contributed by atoms with Crippen molar-refractivity contribution < 1.29 is 14.3 Å². The number of carbonyl (C=O) groups excluding carboxylic acids is 2. The van der Waals surface area contributed by atoms with Crippen LogP contribution in [0.4, 0.5) is 11.4 Å². The van der Waals surface area contributed by atoms with E-state index in [1.54, 1.807) is 18.9 Å². The van der Waals surface area contributed by atoms with Gasteiger partial charge in [-0.15, -0.1) is 11.8 Å². The molecule has 152 valence electrons. The van der Waals surface area contributed by atoms with E-state index in [0.717, 1.165) is 48.4 Å². The Kier molecular flexibility index (Phi) is 6.09. The molecule has 0 bridgehead atoms. The average Bonchev–Trinajstić information content (AvgIpc) is 3.16. The van der Waals surface area contributed by atoms with Crippen molar-refractivity contribution in [3.63, 3.8) is 0 Å². The highest BCUT2D eigenvalue weighted by Crippen LogP contribution is 2.43. The molecule has 2 aliphatic rings. The highest BCUT2D eigenvalue weighted by molar-refractivity contribution is 8.00. The van der Waals surface area contributed by atoms with Crippen LogP contribution in [0.3, 0.4) is 0 Å². The maximum absolute atomic E-state index is 12.6. The lowest BCUT2D eigenvalue weighted by molar-refractivity contribution is -0.120. The Morgan fingerprint density at radius 3 is 2.69 bits per heavy atom. The van der Waals surface area contributed by atoms with Gasteiger partial charge in [0.25, 0.3) is 0 Å². The van der Waals surface area contributed by atoms with E-state index in [9.17, 15) is 9.59 Å². The number of hydrogen-bond acceptors (Lipinski definition) is 4. The van der Waals surface area contributed by atoms with Crippen LogP contribution in [0, 0.1) is 5.92 Å². The summed E-state index contributed by atoms with van der Waals surface area (Å²) in [5.41, 5.74) is 2.62. The van der Waals surface area contributed by atoms with Crippen molar-refractivity contribution in [2.45, 2.75) is 37.5 Å². The Labute approximate surface area is 175 Å². The molecule has 1 N–H and O–H groups in total. The summed E-state index contributed by atoms with van der Waals surface area (Å²) in [5, 5.41) is 2.96. The maximum atomic E-state index is 12.6. The Bertz CT molecular complexity index is 895. The lowest BCUT2D eigenvalue weighted by atomic mass is 9.88. The molecule has 1 aliphatic heterocycles. The number of nitrogens with zero attached hydrogens (tertiary/aromatic N) is 1. The van der Waals surface area contributed by atoms with Gasteiger partial charge in [0.15, 0.2) is 0 Å². The predicted molar refractivity (Wildman–Crippen MR) is 117 cm³/mol. The summed E-state index contributed by atoms with van der Waals surface area (Å²) in [5.74, 6) is 1.45. The minimum Gasteiger partial charge on any atom is -0.497 e. The summed E-state index contributed by atoms with van der Waals surface area (Å²) < 4.78 is 5.32. The molecule has 2 aromatic carbocycles. The minimum absolute atomic E-state index is 0.0740. The number of rotatable bonds is 5. The minimum atomic E-state index is -0.124. The highest BCUT2D eigenvalue weighted by Gasteiger charge is 2.34. The van der Waals surface area contributed by atoms with Crippen LogP contribution < -0.4 is 15.0 Å². The Balaban J connectivity index is 1.54. The number of hydrogen-bond donors (Lipinski definition) is 1. The van der Waals surface area contributed by atoms with E-state index < -0.39 is 0 Å². The summed E-state index contributed by atoms with van der Waals surface area (Å²) in [6.07, 6.45) is 5.44. The van der Waals surface area contributed by atoms with Crippen LogP contribution in [0.25, 0.3) is 0 Å². The van der Waals surface area contributed by atoms with Crippen molar-refractivity contribution in [1.29, 1.82) is 0 Å². The zero-order valence-corrected chi connectivity index (χ0v) is 17.4. The second kappa shape index (κ2) is 8.91. The number of thioether (sulfide) groups is 1. The average molecular weight is 411 g/mol. The van der Waals surface area contributed by atoms with Gasteiger partial charge in [-0.2, -0.15) is 0 Å². The summed E-state index contributed by atoms with van der Waals surface area (Å²) in [4.78, 5) is 27.1. The van der Waals surface area contributed by atoms with Crippen molar-refractivity contribution in [2.75, 3.05) is 23.1 Å². The van der Waals surface area contributed by atoms with E-state index in [1.165, 1.54) is 6.42 Å². The molecule has 1 aliphatic carbocycles. The Hall–Kier alpha value is -2.47. The zero-order valence-electron chi connectivity index (χ0n) is 16.6. The molecular formula is C23H26N2O3S. The van der Waals surface area contributed by atoms with Crippen LogP contribution in [0.15, 0.2) is 48.5 Å². The molecule has 5 nitrogen and oxygen atoms in total. The molecule has 0 aromatic heterocycles. The number of nitrogens with one attached hydrogen (secondary N) is 1. The summed E-state index contributed by atoms with van der Waals surface area (Å²) in [6, 6.07) is 15.4. The zero-order chi connectivity index (χ0) is 20.2. The van der Waals surface area contributed by atoms with E-state index in [-0.39, 0.29) is 23.1 Å². The molecule has 6 heteroatoms. The summed E-state index contributed by atoms with van der Waals surface area (Å²) >= 11 is 1.60. The van der Waals surface area contributed by atoms with Crippen molar-refractivity contribution in [3.05, 3.63) is 54.1 Å². The topological polar surface area (TPSA) is 58.6 Å². The number of amides is 2. The van der Waals surface area contributed by atoms with E-state index in [2.05, 4.69) is 5.32 Å². The molecule has 2 amide bonds. The van der Waals surface area contributed by atoms with Crippen LogP contribution in [-0.4, -0.2) is 24.7 Å². The molecule has 1 saturated heterocycles. The van der Waals surface area contributed by atoms with Gasteiger partial charge in [-0.05, 0) is 42.7 Å². The molecule has 2 aromatic rings. The molecular weight excluding hydrogens is 384 g/mol. The second-order valence-corrected chi connectivity index (χ2v) is 8.65. The first kappa shape index (κ1) is 19.8. The Morgan fingerprint density at radius 2 is 1.90 bits per heavy atom. The number of anilines is 2. The second-order valence-electron chi connectivity index (χ2n) is 7.58. The molecule has 0 spiro atoms. The van der Waals surface area contributed by atoms with Gasteiger partial charge in [-0.25, -0.2) is 0 Å². The third-order valence-electron chi connectivity index (χ3n) is 5.61. The van der Waals surface area contributed by atoms with Crippen LogP contribution >= 0.6 is 11.8 Å². The van der Waals surface area contributed by atoms with Gasteiger partial charge in [0, 0.05) is 23.4 Å². The predicted octanol–water partition coefficient (Wildman–Crippen LogP) is 4.99. The SMILES string of the molecule is COc1cccc(N2C(=O)CS[C@H]2c2cccc(NC(=O)C3CCCCC3)c2)c1. The molecule has 1 saturated carbocycles. The number of carbonyl (C=O) groups is 2. The standard InChI is InChI=1S/C23H26N2O3S/c1-28-20-12-6-11-19(14-20)25-21(26)15-29-23(25)17-9-5-10-18(13-17)24-22(27)16-7-3-2-4-8-16/h5-6,9-14,16,23H,2-4,7-8,15H2,1H3,(H,24,27)/t23-/m0/s1. The first-order valence-corrected chi connectivity index (χ1v) is 11.2. The molecule has 0 radical (unpaired) electrons. The molecule has 0 unspecified atom stereocenters. The van der Waals surface area contributed by atoms with Crippen LogP contribution in [0.5, 0.6) is 5.75 Å². The van der Waals surface area contributed by atoms with Crippen molar-refractivity contribution in [2.24, 2.45) is 5.92 Å². The maximum Gasteiger partial charge on any atom is 0.238 e. The molecule has 29 heavy (non-hydrogen) atoms. The van der Waals surface area contributed by atoms with Crippen LogP contribution in [-0.2, 0) is 9.59 Å². The van der Waals surface area contributed by atoms with E-state index in [0.29, 0.717) is 5.75 Å². The monoisotopic (exact) mass is 410 g/mol. The van der Waals surface area contributed by atoms with Crippen molar-refractivity contribution in [1.82, 2.24) is 0 Å². The van der Waals surface area contributed by atoms with E-state index >= 15 is 0 Å². The third-order valence-corrected chi connectivity index (χ3v) is 6.83. The fraction of sp³-hybridized carbons (Fsp3) is 0.391. The van der Waals surface area contributed by atoms with Gasteiger partial charge < -0.3 is 10.1 Å². The number of benzene rings is 2. The van der Waals surface area contributed by atoms with E-state index in [4.69, 9.17) is 4.74 Å². The van der Waals surface area contributed by atoms with Crippen LogP contribution in [0.2, 0.25) is 0 Å². The Morgan fingerprint density at radius 1 is 1.10 bits per heavy atom. The summed E-state index contributed by atoms with van der Waals surface area (Å²) in [7, 11) is 1.62. The summed E-state index contributed by atoms with van der Waals surface area (Å²) in [6.45, 7) is 0. The van der Waals surface area contributed by atoms with Gasteiger partial charge in [0.2, 0.25) is 11.8 Å². The highest BCUT2D eigenvalue weighted by atomic mass is 32.2. The smallest absolute Gasteiger partial charge is 0.238 e. The largest absolute Gasteiger partial charge is 0.497 e. The first-order chi connectivity index (χ1) is 14.2. The quantitative estimate of drug-likeness (QED) is 0.754. The van der Waals surface area contributed by atoms with Gasteiger partial charge >= 0.3 is 0 Å². The molecule has 4 rings (SSSR count). The molecule has 1 heterocycles. The van der Waals surface area contributed by atoms with E-state index in [1.807, 2.05) is 53.4 Å². The lowest BCUT2D eigenvalue weighted by Crippen LogP contribution is -2.28. The van der Waals surface area contributed by atoms with Gasteiger partial charge in [0.1, 0.15) is 11.1 Å². The van der Waals surface area contributed by atoms with Gasteiger partial charge in [-0.3, -0.25) is 14.5 Å². The van der Waals surface area contributed by atoms with Crippen LogP contribution in [0.1, 0.15) is 43.0 Å². The van der Waals surface area contributed by atoms with Crippen molar-refractivity contribution >= 4 is 35.0 Å².